The molecule has 0 saturated heterocycles. The normalized spacial score (nSPS) is 16.1. The first-order chi connectivity index (χ1) is 14.5. The molecule has 1 atom stereocenters. The SMILES string of the molecule is CN(Cc1ccccc1)C(=O)C1Cc2nc[nH]c2CN1Cc1ccc(C(=O)O)cc1. The Labute approximate surface area is 175 Å². The Morgan fingerprint density at radius 1 is 1.13 bits per heavy atom. The quantitative estimate of drug-likeness (QED) is 0.659. The first kappa shape index (κ1) is 19.8. The number of aromatic nitrogens is 2. The number of carboxylic acid groups (broad SMARTS) is 1. The maximum Gasteiger partial charge on any atom is 0.335 e. The van der Waals surface area contributed by atoms with Crippen molar-refractivity contribution in [3.05, 3.63) is 89.0 Å². The Morgan fingerprint density at radius 3 is 2.57 bits per heavy atom. The minimum atomic E-state index is -0.947. The number of carboxylic acids is 1. The van der Waals surface area contributed by atoms with E-state index in [9.17, 15) is 9.59 Å². The van der Waals surface area contributed by atoms with Gasteiger partial charge in [0, 0.05) is 33.1 Å². The predicted molar refractivity (Wildman–Crippen MR) is 112 cm³/mol. The lowest BCUT2D eigenvalue weighted by molar-refractivity contribution is -0.137. The van der Waals surface area contributed by atoms with Gasteiger partial charge in [-0.15, -0.1) is 0 Å². The van der Waals surface area contributed by atoms with Gasteiger partial charge in [-0.25, -0.2) is 9.78 Å². The van der Waals surface area contributed by atoms with Crippen molar-refractivity contribution in [3.63, 3.8) is 0 Å². The first-order valence-electron chi connectivity index (χ1n) is 9.87. The maximum absolute atomic E-state index is 13.3. The highest BCUT2D eigenvalue weighted by atomic mass is 16.4. The molecule has 7 heteroatoms. The van der Waals surface area contributed by atoms with Gasteiger partial charge in [-0.05, 0) is 23.3 Å². The van der Waals surface area contributed by atoms with Gasteiger partial charge in [0.25, 0.3) is 0 Å². The van der Waals surface area contributed by atoms with E-state index in [0.29, 0.717) is 26.1 Å². The van der Waals surface area contributed by atoms with Gasteiger partial charge in [-0.3, -0.25) is 9.69 Å². The number of rotatable bonds is 6. The van der Waals surface area contributed by atoms with Crippen LogP contribution in [-0.2, 0) is 30.8 Å². The zero-order valence-corrected chi connectivity index (χ0v) is 16.8. The molecule has 0 bridgehead atoms. The van der Waals surface area contributed by atoms with Crippen molar-refractivity contribution in [2.24, 2.45) is 0 Å². The molecule has 2 aromatic carbocycles. The maximum atomic E-state index is 13.3. The molecule has 2 heterocycles. The summed E-state index contributed by atoms with van der Waals surface area (Å²) in [5.74, 6) is -0.896. The summed E-state index contributed by atoms with van der Waals surface area (Å²) in [6, 6.07) is 16.4. The summed E-state index contributed by atoms with van der Waals surface area (Å²) in [4.78, 5) is 35.9. The number of aromatic carboxylic acids is 1. The third-order valence-electron chi connectivity index (χ3n) is 5.51. The Bertz CT molecular complexity index is 1030. The third-order valence-corrected chi connectivity index (χ3v) is 5.51. The van der Waals surface area contributed by atoms with Gasteiger partial charge >= 0.3 is 5.97 Å². The van der Waals surface area contributed by atoms with E-state index in [1.54, 1.807) is 35.5 Å². The summed E-state index contributed by atoms with van der Waals surface area (Å²) < 4.78 is 0. The van der Waals surface area contributed by atoms with Crippen molar-refractivity contribution in [1.82, 2.24) is 19.8 Å². The molecule has 1 aromatic heterocycles. The standard InChI is InChI=1S/C23H24N4O3/c1-26(12-16-5-3-2-4-6-16)22(28)21-11-19-20(25-15-24-19)14-27(21)13-17-7-9-18(10-8-17)23(29)30/h2-10,15,21H,11-14H2,1H3,(H,24,25)(H,29,30). The fraction of sp³-hybridized carbons (Fsp3) is 0.261. The molecule has 30 heavy (non-hydrogen) atoms. The molecule has 3 aromatic rings. The van der Waals surface area contributed by atoms with E-state index < -0.39 is 5.97 Å². The number of nitrogens with zero attached hydrogens (tertiary/aromatic N) is 3. The summed E-state index contributed by atoms with van der Waals surface area (Å²) >= 11 is 0. The van der Waals surface area contributed by atoms with Gasteiger partial charge in [0.2, 0.25) is 5.91 Å². The first-order valence-corrected chi connectivity index (χ1v) is 9.87. The van der Waals surface area contributed by atoms with Crippen LogP contribution in [0, 0.1) is 0 Å². The average molecular weight is 404 g/mol. The van der Waals surface area contributed by atoms with Crippen LogP contribution < -0.4 is 0 Å². The topological polar surface area (TPSA) is 89.5 Å². The van der Waals surface area contributed by atoms with Gasteiger partial charge in [0.05, 0.1) is 29.3 Å². The summed E-state index contributed by atoms with van der Waals surface area (Å²) in [5.41, 5.74) is 4.25. The molecule has 0 fully saturated rings. The monoisotopic (exact) mass is 404 g/mol. The Hall–Kier alpha value is -3.45. The lowest BCUT2D eigenvalue weighted by Crippen LogP contribution is -2.50. The minimum Gasteiger partial charge on any atom is -0.478 e. The van der Waals surface area contributed by atoms with Crippen LogP contribution in [0.25, 0.3) is 0 Å². The van der Waals surface area contributed by atoms with Crippen molar-refractivity contribution in [2.45, 2.75) is 32.1 Å². The lowest BCUT2D eigenvalue weighted by Gasteiger charge is -2.36. The fourth-order valence-electron chi connectivity index (χ4n) is 3.87. The van der Waals surface area contributed by atoms with E-state index in [2.05, 4.69) is 14.9 Å². The smallest absolute Gasteiger partial charge is 0.335 e. The molecule has 2 N–H and O–H groups in total. The molecule has 1 unspecified atom stereocenters. The van der Waals surface area contributed by atoms with E-state index >= 15 is 0 Å². The van der Waals surface area contributed by atoms with Crippen LogP contribution in [0.4, 0.5) is 0 Å². The Kier molecular flexibility index (Phi) is 5.63. The van der Waals surface area contributed by atoms with Gasteiger partial charge in [0.1, 0.15) is 0 Å². The van der Waals surface area contributed by atoms with Crippen LogP contribution in [0.3, 0.4) is 0 Å². The second kappa shape index (κ2) is 8.51. The number of fused-ring (bicyclic) bond motifs is 1. The second-order valence-electron chi connectivity index (χ2n) is 7.63. The van der Waals surface area contributed by atoms with Crippen molar-refractivity contribution < 1.29 is 14.7 Å². The molecular weight excluding hydrogens is 380 g/mol. The highest BCUT2D eigenvalue weighted by Crippen LogP contribution is 2.24. The summed E-state index contributed by atoms with van der Waals surface area (Å²) in [6.07, 6.45) is 2.22. The number of carbonyl (C=O) groups excluding carboxylic acids is 1. The van der Waals surface area contributed by atoms with Gasteiger partial charge < -0.3 is 15.0 Å². The second-order valence-corrected chi connectivity index (χ2v) is 7.63. The van der Waals surface area contributed by atoms with E-state index in [0.717, 1.165) is 22.5 Å². The molecule has 1 amide bonds. The summed E-state index contributed by atoms with van der Waals surface area (Å²) in [5, 5.41) is 9.11. The van der Waals surface area contributed by atoms with Crippen LogP contribution in [0.5, 0.6) is 0 Å². The van der Waals surface area contributed by atoms with Crippen LogP contribution >= 0.6 is 0 Å². The number of benzene rings is 2. The van der Waals surface area contributed by atoms with Gasteiger partial charge in [-0.2, -0.15) is 0 Å². The van der Waals surface area contributed by atoms with E-state index in [-0.39, 0.29) is 17.5 Å². The molecule has 154 valence electrons. The van der Waals surface area contributed by atoms with Crippen LogP contribution in [0.15, 0.2) is 60.9 Å². The fourth-order valence-corrected chi connectivity index (χ4v) is 3.87. The zero-order chi connectivity index (χ0) is 21.1. The van der Waals surface area contributed by atoms with Crippen LogP contribution in [0.1, 0.15) is 32.9 Å². The number of hydrogen-bond acceptors (Lipinski definition) is 4. The largest absolute Gasteiger partial charge is 0.478 e. The molecule has 0 radical (unpaired) electrons. The number of likely N-dealkylation sites (N-methyl/N-ethyl adjacent to an activating group) is 1. The molecule has 7 nitrogen and oxygen atoms in total. The predicted octanol–water partition coefficient (Wildman–Crippen LogP) is 2.69. The third kappa shape index (κ3) is 4.26. The molecule has 0 saturated carbocycles. The minimum absolute atomic E-state index is 0.0506. The Morgan fingerprint density at radius 2 is 1.87 bits per heavy atom. The molecular formula is C23H24N4O3. The van der Waals surface area contributed by atoms with Crippen molar-refractivity contribution in [3.8, 4) is 0 Å². The number of nitrogens with one attached hydrogen (secondary N) is 1. The van der Waals surface area contributed by atoms with E-state index in [4.69, 9.17) is 5.11 Å². The van der Waals surface area contributed by atoms with Crippen LogP contribution in [0.2, 0.25) is 0 Å². The average Bonchev–Trinajstić information content (AvgIpc) is 3.21. The molecule has 1 aliphatic rings. The van der Waals surface area contributed by atoms with E-state index in [1.807, 2.05) is 37.4 Å². The highest BCUT2D eigenvalue weighted by molar-refractivity contribution is 5.87. The number of hydrogen-bond donors (Lipinski definition) is 2. The number of amides is 1. The van der Waals surface area contributed by atoms with Crippen molar-refractivity contribution in [1.29, 1.82) is 0 Å². The number of aromatic amines is 1. The van der Waals surface area contributed by atoms with Crippen LogP contribution in [-0.4, -0.2) is 49.8 Å². The van der Waals surface area contributed by atoms with E-state index in [1.165, 1.54) is 0 Å². The molecule has 1 aliphatic heterocycles. The number of carbonyl (C=O) groups is 2. The lowest BCUT2D eigenvalue weighted by atomic mass is 10.00. The summed E-state index contributed by atoms with van der Waals surface area (Å²) in [6.45, 7) is 1.68. The molecule has 0 spiro atoms. The Balaban J connectivity index is 1.53. The highest BCUT2D eigenvalue weighted by Gasteiger charge is 2.34. The van der Waals surface area contributed by atoms with Crippen molar-refractivity contribution >= 4 is 11.9 Å². The number of H-pyrrole nitrogens is 1. The van der Waals surface area contributed by atoms with Gasteiger partial charge in [0.15, 0.2) is 0 Å². The number of imidazole rings is 1. The van der Waals surface area contributed by atoms with Gasteiger partial charge in [-0.1, -0.05) is 42.5 Å². The summed E-state index contributed by atoms with van der Waals surface area (Å²) in [7, 11) is 1.83. The zero-order valence-electron chi connectivity index (χ0n) is 16.8. The molecule has 0 aliphatic carbocycles. The molecule has 4 rings (SSSR count). The van der Waals surface area contributed by atoms with Crippen molar-refractivity contribution in [2.75, 3.05) is 7.05 Å².